The maximum atomic E-state index is 11.6. The molecule has 0 bridgehead atoms. The van der Waals surface area contributed by atoms with Gasteiger partial charge in [-0.2, -0.15) is 11.8 Å². The molecular weight excluding hydrogens is 440 g/mol. The molecule has 7 heteroatoms. The Morgan fingerprint density at radius 3 is 1.48 bits per heavy atom. The van der Waals surface area contributed by atoms with Gasteiger partial charge < -0.3 is 14.9 Å². The van der Waals surface area contributed by atoms with Gasteiger partial charge in [-0.05, 0) is 55.0 Å². The molecule has 172 valence electrons. The number of esters is 1. The maximum Gasteiger partial charge on any atom is 0.338 e. The third kappa shape index (κ3) is 10.1. The summed E-state index contributed by atoms with van der Waals surface area (Å²) in [5.74, 6) is -0.762. The number of carbonyl (C=O) groups is 3. The van der Waals surface area contributed by atoms with Gasteiger partial charge in [0.25, 0.3) is 0 Å². The van der Waals surface area contributed by atoms with E-state index in [2.05, 4.69) is 0 Å². The second kappa shape index (κ2) is 14.5. The minimum absolute atomic E-state index is 0.205. The molecule has 0 radical (unpaired) electrons. The Kier molecular flexibility index (Phi) is 11.3. The first kappa shape index (κ1) is 25.7. The highest BCUT2D eigenvalue weighted by molar-refractivity contribution is 8.00. The van der Waals surface area contributed by atoms with Crippen LogP contribution in [-0.2, 0) is 4.74 Å². The summed E-state index contributed by atoms with van der Waals surface area (Å²) in [5.41, 5.74) is 1.30. The zero-order valence-corrected chi connectivity index (χ0v) is 18.8. The van der Waals surface area contributed by atoms with Gasteiger partial charge in [-0.25, -0.2) is 14.4 Å². The van der Waals surface area contributed by atoms with Gasteiger partial charge in [-0.15, -0.1) is 0 Å². The molecule has 4 rings (SSSR count). The van der Waals surface area contributed by atoms with Gasteiger partial charge in [-0.3, -0.25) is 0 Å². The van der Waals surface area contributed by atoms with Crippen molar-refractivity contribution in [3.8, 4) is 0 Å². The quantitative estimate of drug-likeness (QED) is 0.478. The van der Waals surface area contributed by atoms with Crippen molar-refractivity contribution in [2.75, 3.05) is 12.4 Å². The maximum absolute atomic E-state index is 11.6. The van der Waals surface area contributed by atoms with Gasteiger partial charge in [0.2, 0.25) is 0 Å². The second-order valence-electron chi connectivity index (χ2n) is 6.94. The predicted octanol–water partition coefficient (Wildman–Crippen LogP) is 5.51. The Morgan fingerprint density at radius 1 is 0.727 bits per heavy atom. The first-order valence-corrected chi connectivity index (χ1v) is 11.4. The van der Waals surface area contributed by atoms with E-state index >= 15 is 0 Å². The highest BCUT2D eigenvalue weighted by Gasteiger charge is 2.17. The fourth-order valence-corrected chi connectivity index (χ4v) is 3.93. The second-order valence-corrected chi connectivity index (χ2v) is 8.35. The topological polar surface area (TPSA) is 101 Å². The largest absolute Gasteiger partial charge is 0.478 e. The smallest absolute Gasteiger partial charge is 0.338 e. The average Bonchev–Trinajstić information content (AvgIpc) is 3.39. The lowest BCUT2D eigenvalue weighted by atomic mass is 10.2. The summed E-state index contributed by atoms with van der Waals surface area (Å²) in [6, 6.07) is 25.7. The molecule has 1 saturated heterocycles. The van der Waals surface area contributed by atoms with Crippen molar-refractivity contribution in [1.82, 2.24) is 0 Å². The Bertz CT molecular complexity index is 938. The number of carbonyl (C=O) groups excluding carboxylic acids is 1. The van der Waals surface area contributed by atoms with E-state index in [0.29, 0.717) is 28.5 Å². The van der Waals surface area contributed by atoms with E-state index in [-0.39, 0.29) is 5.97 Å². The van der Waals surface area contributed by atoms with Crippen LogP contribution in [0.1, 0.15) is 43.9 Å². The van der Waals surface area contributed by atoms with Crippen LogP contribution >= 0.6 is 11.8 Å². The molecule has 0 aromatic heterocycles. The van der Waals surface area contributed by atoms with E-state index in [4.69, 9.17) is 14.9 Å². The van der Waals surface area contributed by atoms with E-state index in [1.54, 1.807) is 72.8 Å². The van der Waals surface area contributed by atoms with Gasteiger partial charge in [0.05, 0.1) is 16.7 Å². The molecule has 3 aromatic carbocycles. The molecule has 0 aliphatic carbocycles. The highest BCUT2D eigenvalue weighted by atomic mass is 32.2. The number of carboxylic acids is 2. The number of benzene rings is 3. The van der Waals surface area contributed by atoms with Crippen LogP contribution in [0, 0.1) is 0 Å². The normalized spacial score (nSPS) is 14.0. The molecule has 1 aliphatic rings. The fourth-order valence-electron chi connectivity index (χ4n) is 2.76. The van der Waals surface area contributed by atoms with Crippen molar-refractivity contribution >= 4 is 29.7 Å². The van der Waals surface area contributed by atoms with E-state index in [1.165, 1.54) is 18.6 Å². The molecule has 0 spiro atoms. The molecule has 0 amide bonds. The molecule has 3 aromatic rings. The van der Waals surface area contributed by atoms with Crippen molar-refractivity contribution in [2.24, 2.45) is 0 Å². The predicted molar refractivity (Wildman–Crippen MR) is 129 cm³/mol. The van der Waals surface area contributed by atoms with Crippen LogP contribution in [0.3, 0.4) is 0 Å². The van der Waals surface area contributed by atoms with Gasteiger partial charge in [0.1, 0.15) is 6.61 Å². The number of thioether (sulfide) groups is 1. The van der Waals surface area contributed by atoms with Gasteiger partial charge in [-0.1, -0.05) is 54.6 Å². The first-order chi connectivity index (χ1) is 16.0. The number of rotatable bonds is 5. The lowest BCUT2D eigenvalue weighted by Crippen LogP contribution is -2.13. The molecule has 2 N–H and O–H groups in total. The zero-order valence-electron chi connectivity index (χ0n) is 18.0. The molecular formula is C26H26O6S. The Hall–Kier alpha value is -3.58. The number of carboxylic acid groups (broad SMARTS) is 2. The van der Waals surface area contributed by atoms with E-state index < -0.39 is 11.9 Å². The third-order valence-electron chi connectivity index (χ3n) is 4.48. The number of hydrogen-bond acceptors (Lipinski definition) is 5. The van der Waals surface area contributed by atoms with Crippen molar-refractivity contribution in [3.05, 3.63) is 108 Å². The Balaban J connectivity index is 0.000000186. The van der Waals surface area contributed by atoms with Crippen molar-refractivity contribution in [2.45, 2.75) is 18.1 Å². The highest BCUT2D eigenvalue weighted by Crippen LogP contribution is 2.26. The lowest BCUT2D eigenvalue weighted by Gasteiger charge is -2.09. The minimum Gasteiger partial charge on any atom is -0.478 e. The zero-order chi connectivity index (χ0) is 23.9. The van der Waals surface area contributed by atoms with Crippen molar-refractivity contribution in [1.29, 1.82) is 0 Å². The molecule has 0 unspecified atom stereocenters. The summed E-state index contributed by atoms with van der Waals surface area (Å²) < 4.78 is 5.25. The Morgan fingerprint density at radius 2 is 1.15 bits per heavy atom. The van der Waals surface area contributed by atoms with Crippen LogP contribution in [-0.4, -0.2) is 45.7 Å². The van der Waals surface area contributed by atoms with E-state index in [0.717, 1.165) is 0 Å². The summed E-state index contributed by atoms with van der Waals surface area (Å²) >= 11 is 1.90. The van der Waals surface area contributed by atoms with Crippen molar-refractivity contribution in [3.63, 3.8) is 0 Å². The van der Waals surface area contributed by atoms with Crippen LogP contribution in [0.15, 0.2) is 91.0 Å². The number of aromatic carboxylic acids is 2. The fraction of sp³-hybridized carbons (Fsp3) is 0.192. The van der Waals surface area contributed by atoms with Crippen LogP contribution < -0.4 is 0 Å². The van der Waals surface area contributed by atoms with E-state index in [1.807, 2.05) is 30.0 Å². The molecule has 1 atom stereocenters. The number of hydrogen-bond donors (Lipinski definition) is 2. The molecule has 6 nitrogen and oxygen atoms in total. The third-order valence-corrected chi connectivity index (χ3v) is 5.84. The van der Waals surface area contributed by atoms with Crippen molar-refractivity contribution < 1.29 is 29.3 Å². The average molecular weight is 467 g/mol. The van der Waals surface area contributed by atoms with Crippen LogP contribution in [0.4, 0.5) is 0 Å². The summed E-state index contributed by atoms with van der Waals surface area (Å²) in [6.07, 6.45) is 2.42. The SMILES string of the molecule is O=C(O)c1ccccc1.O=C(O)c1ccccc1.O=C(OC[C@H]1CCCS1)c1ccccc1. The summed E-state index contributed by atoms with van der Waals surface area (Å²) in [7, 11) is 0. The van der Waals surface area contributed by atoms with Crippen LogP contribution in [0.2, 0.25) is 0 Å². The first-order valence-electron chi connectivity index (χ1n) is 10.4. The molecule has 0 saturated carbocycles. The van der Waals surface area contributed by atoms with Gasteiger partial charge in [0, 0.05) is 5.25 Å². The number of ether oxygens (including phenoxy) is 1. The summed E-state index contributed by atoms with van der Waals surface area (Å²) in [5, 5.41) is 17.3. The van der Waals surface area contributed by atoms with Gasteiger partial charge in [0.15, 0.2) is 0 Å². The summed E-state index contributed by atoms with van der Waals surface area (Å²) in [6.45, 7) is 0.554. The molecule has 1 aliphatic heterocycles. The van der Waals surface area contributed by atoms with E-state index in [9.17, 15) is 14.4 Å². The summed E-state index contributed by atoms with van der Waals surface area (Å²) in [4.78, 5) is 32.0. The minimum atomic E-state index is -0.879. The molecule has 1 fully saturated rings. The molecule has 1 heterocycles. The molecule has 33 heavy (non-hydrogen) atoms. The monoisotopic (exact) mass is 466 g/mol. The Labute approximate surface area is 197 Å². The van der Waals surface area contributed by atoms with Gasteiger partial charge >= 0.3 is 17.9 Å². The lowest BCUT2D eigenvalue weighted by molar-refractivity contribution is 0.0505. The standard InChI is InChI=1S/C12H14O2S.2C7H6O2/c13-12(10-5-2-1-3-6-10)14-9-11-7-4-8-15-11;2*8-7(9)6-4-2-1-3-5-6/h1-3,5-6,11H,4,7-9H2;2*1-5H,(H,8,9)/t11-;;/m1../s1. The van der Waals surface area contributed by atoms with Crippen LogP contribution in [0.5, 0.6) is 0 Å². The van der Waals surface area contributed by atoms with Crippen LogP contribution in [0.25, 0.3) is 0 Å².